The fourth-order valence-corrected chi connectivity index (χ4v) is 2.23. The fourth-order valence-electron chi connectivity index (χ4n) is 2.23. The number of amides is 1. The largest absolute Gasteiger partial charge is 0.490 e. The first-order chi connectivity index (χ1) is 11.6. The summed E-state index contributed by atoms with van der Waals surface area (Å²) in [5.74, 6) is 1.23. The first-order valence-electron chi connectivity index (χ1n) is 8.41. The number of rotatable bonds is 8. The molecule has 0 fully saturated rings. The van der Waals surface area contributed by atoms with Crippen LogP contribution < -0.4 is 14.8 Å². The van der Waals surface area contributed by atoms with Gasteiger partial charge in [-0.3, -0.25) is 4.79 Å². The third-order valence-corrected chi connectivity index (χ3v) is 3.41. The molecule has 0 spiro atoms. The summed E-state index contributed by atoms with van der Waals surface area (Å²) in [6.07, 6.45) is 1.84. The summed E-state index contributed by atoms with van der Waals surface area (Å²) in [5, 5.41) is 2.91. The summed E-state index contributed by atoms with van der Waals surface area (Å²) in [6.45, 7) is 7.32. The minimum Gasteiger partial charge on any atom is -0.490 e. The van der Waals surface area contributed by atoms with Crippen LogP contribution in [0.4, 0.5) is 5.69 Å². The smallest absolute Gasteiger partial charge is 0.255 e. The van der Waals surface area contributed by atoms with Crippen LogP contribution in [0.3, 0.4) is 0 Å². The number of benzene rings is 2. The SMILES string of the molecule is CCCOc1ccc(NC(=O)c2cccc(C)c2)cc1OCCC. The molecule has 24 heavy (non-hydrogen) atoms. The van der Waals surface area contributed by atoms with E-state index in [-0.39, 0.29) is 5.91 Å². The van der Waals surface area contributed by atoms with E-state index in [4.69, 9.17) is 9.47 Å². The van der Waals surface area contributed by atoms with Crippen molar-refractivity contribution in [1.82, 2.24) is 0 Å². The zero-order chi connectivity index (χ0) is 17.4. The van der Waals surface area contributed by atoms with Crippen LogP contribution in [0.1, 0.15) is 42.6 Å². The van der Waals surface area contributed by atoms with Crippen LogP contribution >= 0.6 is 0 Å². The zero-order valence-corrected chi connectivity index (χ0v) is 14.6. The molecule has 0 aromatic heterocycles. The Bertz CT molecular complexity index is 682. The highest BCUT2D eigenvalue weighted by Crippen LogP contribution is 2.31. The Morgan fingerprint density at radius 3 is 2.33 bits per heavy atom. The van der Waals surface area contributed by atoms with Crippen molar-refractivity contribution in [2.45, 2.75) is 33.6 Å². The van der Waals surface area contributed by atoms with Crippen molar-refractivity contribution in [3.05, 3.63) is 53.6 Å². The molecule has 128 valence electrons. The summed E-state index contributed by atoms with van der Waals surface area (Å²) < 4.78 is 11.5. The molecule has 0 unspecified atom stereocenters. The molecular weight excluding hydrogens is 302 g/mol. The molecular formula is C20H25NO3. The summed E-state index contributed by atoms with van der Waals surface area (Å²) in [5.41, 5.74) is 2.38. The lowest BCUT2D eigenvalue weighted by Gasteiger charge is -2.14. The minimum absolute atomic E-state index is 0.137. The number of nitrogens with one attached hydrogen (secondary N) is 1. The third-order valence-electron chi connectivity index (χ3n) is 3.41. The maximum Gasteiger partial charge on any atom is 0.255 e. The van der Waals surface area contributed by atoms with Crippen molar-refractivity contribution in [1.29, 1.82) is 0 Å². The first-order valence-corrected chi connectivity index (χ1v) is 8.41. The highest BCUT2D eigenvalue weighted by molar-refractivity contribution is 6.04. The molecule has 0 aliphatic heterocycles. The molecule has 0 bridgehead atoms. The Labute approximate surface area is 143 Å². The lowest BCUT2D eigenvalue weighted by molar-refractivity contribution is 0.102. The third kappa shape index (κ3) is 5.01. The van der Waals surface area contributed by atoms with E-state index in [1.807, 2.05) is 43.3 Å². The number of carbonyl (C=O) groups is 1. The van der Waals surface area contributed by atoms with Gasteiger partial charge in [0.15, 0.2) is 11.5 Å². The lowest BCUT2D eigenvalue weighted by atomic mass is 10.1. The summed E-state index contributed by atoms with van der Waals surface area (Å²) in [4.78, 5) is 12.4. The molecule has 2 aromatic rings. The molecule has 0 saturated carbocycles. The summed E-state index contributed by atoms with van der Waals surface area (Å²) in [6, 6.07) is 13.0. The normalized spacial score (nSPS) is 10.3. The molecule has 1 N–H and O–H groups in total. The Morgan fingerprint density at radius 2 is 1.67 bits per heavy atom. The van der Waals surface area contributed by atoms with Crippen LogP contribution in [-0.2, 0) is 0 Å². The van der Waals surface area contributed by atoms with E-state index >= 15 is 0 Å². The number of carbonyl (C=O) groups excluding carboxylic acids is 1. The molecule has 0 saturated heterocycles. The predicted molar refractivity (Wildman–Crippen MR) is 97.1 cm³/mol. The van der Waals surface area contributed by atoms with Crippen molar-refractivity contribution in [2.24, 2.45) is 0 Å². The van der Waals surface area contributed by atoms with Gasteiger partial charge in [-0.25, -0.2) is 0 Å². The van der Waals surface area contributed by atoms with Gasteiger partial charge < -0.3 is 14.8 Å². The van der Waals surface area contributed by atoms with Crippen LogP contribution in [-0.4, -0.2) is 19.1 Å². The van der Waals surface area contributed by atoms with E-state index in [9.17, 15) is 4.79 Å². The minimum atomic E-state index is -0.137. The van der Waals surface area contributed by atoms with Gasteiger partial charge in [0.05, 0.1) is 13.2 Å². The molecule has 1 amide bonds. The number of hydrogen-bond acceptors (Lipinski definition) is 3. The maximum absolute atomic E-state index is 12.4. The van der Waals surface area contributed by atoms with Gasteiger partial charge >= 0.3 is 0 Å². The van der Waals surface area contributed by atoms with Gasteiger partial charge in [-0.2, -0.15) is 0 Å². The lowest BCUT2D eigenvalue weighted by Crippen LogP contribution is -2.12. The Balaban J connectivity index is 2.15. The molecule has 0 radical (unpaired) electrons. The van der Waals surface area contributed by atoms with Gasteiger partial charge in [-0.05, 0) is 44.0 Å². The second-order valence-electron chi connectivity index (χ2n) is 5.68. The molecule has 0 aliphatic rings. The van der Waals surface area contributed by atoms with Gasteiger partial charge in [0, 0.05) is 17.3 Å². The van der Waals surface area contributed by atoms with E-state index in [0.717, 1.165) is 18.4 Å². The van der Waals surface area contributed by atoms with Crippen LogP contribution in [0.15, 0.2) is 42.5 Å². The number of ether oxygens (including phenoxy) is 2. The number of hydrogen-bond donors (Lipinski definition) is 1. The van der Waals surface area contributed by atoms with Gasteiger partial charge in [-0.15, -0.1) is 0 Å². The van der Waals surface area contributed by atoms with Crippen molar-refractivity contribution >= 4 is 11.6 Å². The van der Waals surface area contributed by atoms with Gasteiger partial charge in [0.25, 0.3) is 5.91 Å². The van der Waals surface area contributed by atoms with E-state index in [2.05, 4.69) is 19.2 Å². The maximum atomic E-state index is 12.4. The zero-order valence-electron chi connectivity index (χ0n) is 14.6. The average molecular weight is 327 g/mol. The quantitative estimate of drug-likeness (QED) is 0.756. The van der Waals surface area contributed by atoms with E-state index in [1.54, 1.807) is 6.07 Å². The second kappa shape index (κ2) is 8.96. The highest BCUT2D eigenvalue weighted by atomic mass is 16.5. The van der Waals surface area contributed by atoms with Crippen LogP contribution in [0.2, 0.25) is 0 Å². The summed E-state index contributed by atoms with van der Waals surface area (Å²) >= 11 is 0. The summed E-state index contributed by atoms with van der Waals surface area (Å²) in [7, 11) is 0. The van der Waals surface area contributed by atoms with E-state index in [0.29, 0.717) is 36.0 Å². The van der Waals surface area contributed by atoms with Crippen molar-refractivity contribution in [3.8, 4) is 11.5 Å². The van der Waals surface area contributed by atoms with Crippen LogP contribution in [0, 0.1) is 6.92 Å². The van der Waals surface area contributed by atoms with Gasteiger partial charge in [0.2, 0.25) is 0 Å². The number of aryl methyl sites for hydroxylation is 1. The molecule has 2 aromatic carbocycles. The standard InChI is InChI=1S/C20H25NO3/c1-4-11-23-18-10-9-17(14-19(18)24-12-5-2)21-20(22)16-8-6-7-15(3)13-16/h6-10,13-14H,4-5,11-12H2,1-3H3,(H,21,22). The fraction of sp³-hybridized carbons (Fsp3) is 0.350. The average Bonchev–Trinajstić information content (AvgIpc) is 2.59. The van der Waals surface area contributed by atoms with Crippen molar-refractivity contribution in [3.63, 3.8) is 0 Å². The van der Waals surface area contributed by atoms with Gasteiger partial charge in [0.1, 0.15) is 0 Å². The molecule has 0 aliphatic carbocycles. The molecule has 4 nitrogen and oxygen atoms in total. The predicted octanol–water partition coefficient (Wildman–Crippen LogP) is 4.82. The van der Waals surface area contributed by atoms with Gasteiger partial charge in [-0.1, -0.05) is 31.5 Å². The highest BCUT2D eigenvalue weighted by Gasteiger charge is 2.10. The van der Waals surface area contributed by atoms with E-state index < -0.39 is 0 Å². The van der Waals surface area contributed by atoms with Crippen LogP contribution in [0.5, 0.6) is 11.5 Å². The van der Waals surface area contributed by atoms with Crippen molar-refractivity contribution in [2.75, 3.05) is 18.5 Å². The van der Waals surface area contributed by atoms with Crippen LogP contribution in [0.25, 0.3) is 0 Å². The topological polar surface area (TPSA) is 47.6 Å². The second-order valence-corrected chi connectivity index (χ2v) is 5.68. The monoisotopic (exact) mass is 327 g/mol. The first kappa shape index (κ1) is 17.9. The Kier molecular flexibility index (Phi) is 6.67. The Hall–Kier alpha value is -2.49. The molecule has 2 rings (SSSR count). The van der Waals surface area contributed by atoms with E-state index in [1.165, 1.54) is 0 Å². The Morgan fingerprint density at radius 1 is 0.958 bits per heavy atom. The molecule has 0 heterocycles. The molecule has 4 heteroatoms. The van der Waals surface area contributed by atoms with Crippen molar-refractivity contribution < 1.29 is 14.3 Å². The molecule has 0 atom stereocenters. The number of anilines is 1.